The lowest BCUT2D eigenvalue weighted by atomic mass is 9.91. The van der Waals surface area contributed by atoms with Crippen molar-refractivity contribution in [2.75, 3.05) is 52.9 Å². The van der Waals surface area contributed by atoms with E-state index in [0.717, 1.165) is 0 Å². The second-order valence-corrected chi connectivity index (χ2v) is 27.8. The Balaban J connectivity index is 0.000000221. The van der Waals surface area contributed by atoms with Crippen molar-refractivity contribution in [2.24, 2.45) is 10.8 Å². The predicted molar refractivity (Wildman–Crippen MR) is 238 cm³/mol. The van der Waals surface area contributed by atoms with Crippen molar-refractivity contribution in [3.05, 3.63) is 121 Å². The number of aliphatic hydroxyl groups excluding tert-OH is 2. The van der Waals surface area contributed by atoms with Gasteiger partial charge in [-0.1, -0.05) is 163 Å². The largest absolute Gasteiger partial charge is 0.407 e. The first-order valence-corrected chi connectivity index (χ1v) is 24.4. The van der Waals surface area contributed by atoms with E-state index in [0.29, 0.717) is 39.6 Å². The van der Waals surface area contributed by atoms with E-state index in [1.54, 1.807) is 0 Å². The first kappa shape index (κ1) is 46.1. The third-order valence-electron chi connectivity index (χ3n) is 11.6. The van der Waals surface area contributed by atoms with Crippen molar-refractivity contribution in [1.29, 1.82) is 0 Å². The molecule has 0 saturated carbocycles. The highest BCUT2D eigenvalue weighted by Gasteiger charge is 2.54. The fraction of sp³-hybridized carbons (Fsp3) is 0.500. The monoisotopic (exact) mass is 828 g/mol. The molecule has 0 bridgehead atoms. The lowest BCUT2D eigenvalue weighted by Gasteiger charge is -2.47. The first-order valence-electron chi connectivity index (χ1n) is 20.6. The van der Waals surface area contributed by atoms with Gasteiger partial charge in [-0.05, 0) is 58.5 Å². The Labute approximate surface area is 350 Å². The summed E-state index contributed by atoms with van der Waals surface area (Å²) in [6.45, 7) is 23.4. The fourth-order valence-electron chi connectivity index (χ4n) is 7.96. The molecular weight excluding hydrogens is 761 g/mol. The maximum atomic E-state index is 10.2. The normalized spacial score (nSPS) is 19.1. The summed E-state index contributed by atoms with van der Waals surface area (Å²) in [5.74, 6) is -1.26. The van der Waals surface area contributed by atoms with Crippen LogP contribution in [-0.4, -0.2) is 91.3 Å². The molecule has 2 fully saturated rings. The topological polar surface area (TPSA) is 95.8 Å². The quantitative estimate of drug-likeness (QED) is 0.154. The van der Waals surface area contributed by atoms with E-state index in [4.69, 9.17) is 27.8 Å². The van der Waals surface area contributed by atoms with Crippen LogP contribution in [0.25, 0.3) is 0 Å². The zero-order valence-electron chi connectivity index (χ0n) is 36.5. The van der Waals surface area contributed by atoms with Gasteiger partial charge in [-0.3, -0.25) is 0 Å². The standard InChI is InChI=1S/2C24H34O4Si/c2*1-22(2,3)29(20-12-8-6-9-13-20,21-14-10-7-11-15-21)28-19-24(16-25)17-26-23(4,5)27-18-24/h2*6-15,25H,16-19H2,1-5H3. The molecule has 0 spiro atoms. The van der Waals surface area contributed by atoms with Gasteiger partial charge in [-0.2, -0.15) is 0 Å². The van der Waals surface area contributed by atoms with E-state index in [1.165, 1.54) is 20.7 Å². The average molecular weight is 829 g/mol. The molecule has 4 aromatic rings. The maximum Gasteiger partial charge on any atom is 0.261 e. The van der Waals surface area contributed by atoms with Crippen LogP contribution in [0.5, 0.6) is 0 Å². The Morgan fingerprint density at radius 1 is 0.448 bits per heavy atom. The fourth-order valence-corrected chi connectivity index (χ4v) is 17.3. The molecule has 0 aromatic heterocycles. The number of benzene rings is 4. The van der Waals surface area contributed by atoms with Crippen molar-refractivity contribution in [2.45, 2.75) is 90.9 Å². The number of hydrogen-bond donors (Lipinski definition) is 2. The first-order chi connectivity index (χ1) is 27.3. The van der Waals surface area contributed by atoms with Gasteiger partial charge in [-0.25, -0.2) is 0 Å². The molecule has 6 rings (SSSR count). The van der Waals surface area contributed by atoms with Crippen LogP contribution in [0.4, 0.5) is 0 Å². The van der Waals surface area contributed by atoms with Gasteiger partial charge in [0, 0.05) is 13.2 Å². The van der Waals surface area contributed by atoms with E-state index in [1.807, 2.05) is 52.0 Å². The third-order valence-corrected chi connectivity index (χ3v) is 21.6. The molecule has 0 amide bonds. The Hall–Kier alpha value is -3.01. The molecule has 58 heavy (non-hydrogen) atoms. The average Bonchev–Trinajstić information content (AvgIpc) is 3.21. The Bertz CT molecular complexity index is 1610. The van der Waals surface area contributed by atoms with Crippen molar-refractivity contribution in [3.8, 4) is 0 Å². The van der Waals surface area contributed by atoms with Gasteiger partial charge in [0.25, 0.3) is 16.6 Å². The molecule has 2 aliphatic heterocycles. The summed E-state index contributed by atoms with van der Waals surface area (Å²) >= 11 is 0. The van der Waals surface area contributed by atoms with E-state index in [9.17, 15) is 10.2 Å². The number of aliphatic hydroxyl groups is 2. The van der Waals surface area contributed by atoms with Gasteiger partial charge in [-0.15, -0.1) is 0 Å². The molecule has 8 nitrogen and oxygen atoms in total. The number of ether oxygens (including phenoxy) is 4. The molecule has 0 atom stereocenters. The van der Waals surface area contributed by atoms with Crippen LogP contribution < -0.4 is 20.7 Å². The summed E-state index contributed by atoms with van der Waals surface area (Å²) in [5, 5.41) is 25.1. The highest BCUT2D eigenvalue weighted by atomic mass is 28.4. The number of rotatable bonds is 12. The van der Waals surface area contributed by atoms with Crippen molar-refractivity contribution in [1.82, 2.24) is 0 Å². The summed E-state index contributed by atoms with van der Waals surface area (Å²) in [5.41, 5.74) is -1.13. The summed E-state index contributed by atoms with van der Waals surface area (Å²) in [6, 6.07) is 42.1. The summed E-state index contributed by atoms with van der Waals surface area (Å²) in [4.78, 5) is 0. The molecule has 2 heterocycles. The Morgan fingerprint density at radius 2 is 0.672 bits per heavy atom. The SMILES string of the molecule is CC1(C)OCC(CO)(CO[Si](c2ccccc2)(c2ccccc2)C(C)(C)C)CO1.CC1(C)OCC(CO)(CO[Si](c2ccccc2)(c2ccccc2)C(C)(C)C)CO1. The smallest absolute Gasteiger partial charge is 0.261 e. The molecule has 316 valence electrons. The third kappa shape index (κ3) is 10.1. The van der Waals surface area contributed by atoms with E-state index < -0.39 is 39.0 Å². The lowest BCUT2D eigenvalue weighted by Crippen LogP contribution is -2.68. The molecule has 2 aliphatic rings. The van der Waals surface area contributed by atoms with Gasteiger partial charge >= 0.3 is 0 Å². The second-order valence-electron chi connectivity index (χ2n) is 19.2. The van der Waals surface area contributed by atoms with Crippen molar-refractivity contribution >= 4 is 37.4 Å². The molecule has 2 N–H and O–H groups in total. The van der Waals surface area contributed by atoms with E-state index >= 15 is 0 Å². The molecule has 0 unspecified atom stereocenters. The minimum Gasteiger partial charge on any atom is -0.407 e. The van der Waals surface area contributed by atoms with Crippen molar-refractivity contribution in [3.63, 3.8) is 0 Å². The van der Waals surface area contributed by atoms with Crippen LogP contribution >= 0.6 is 0 Å². The van der Waals surface area contributed by atoms with Crippen LogP contribution in [-0.2, 0) is 27.8 Å². The lowest BCUT2D eigenvalue weighted by molar-refractivity contribution is -0.294. The summed E-state index contributed by atoms with van der Waals surface area (Å²) in [7, 11) is -5.31. The molecular formula is C48H68O8Si2. The zero-order valence-corrected chi connectivity index (χ0v) is 38.5. The highest BCUT2D eigenvalue weighted by Crippen LogP contribution is 2.41. The number of hydrogen-bond acceptors (Lipinski definition) is 8. The van der Waals surface area contributed by atoms with Gasteiger partial charge in [0.15, 0.2) is 11.6 Å². The van der Waals surface area contributed by atoms with Crippen LogP contribution in [0.1, 0.15) is 69.2 Å². The van der Waals surface area contributed by atoms with Crippen LogP contribution in [0.15, 0.2) is 121 Å². The van der Waals surface area contributed by atoms with Gasteiger partial charge in [0.05, 0.1) is 50.5 Å². The van der Waals surface area contributed by atoms with Gasteiger partial charge in [0.1, 0.15) is 0 Å². The summed E-state index contributed by atoms with van der Waals surface area (Å²) < 4.78 is 37.5. The summed E-state index contributed by atoms with van der Waals surface area (Å²) in [6.07, 6.45) is 0. The minimum absolute atomic E-state index is 0.0404. The Morgan fingerprint density at radius 3 is 0.862 bits per heavy atom. The van der Waals surface area contributed by atoms with Crippen molar-refractivity contribution < 1.29 is 38.0 Å². The molecule has 10 heteroatoms. The second kappa shape index (κ2) is 18.3. The van der Waals surface area contributed by atoms with E-state index in [-0.39, 0.29) is 23.3 Å². The minimum atomic E-state index is -2.65. The molecule has 0 aliphatic carbocycles. The predicted octanol–water partition coefficient (Wildman–Crippen LogP) is 6.65. The molecule has 2 saturated heterocycles. The highest BCUT2D eigenvalue weighted by molar-refractivity contribution is 7.00. The van der Waals surface area contributed by atoms with E-state index in [2.05, 4.69) is 139 Å². The maximum absolute atomic E-state index is 10.2. The van der Waals surface area contributed by atoms with Gasteiger partial charge in [0.2, 0.25) is 0 Å². The molecule has 0 radical (unpaired) electrons. The van der Waals surface area contributed by atoms with Gasteiger partial charge < -0.3 is 38.0 Å². The van der Waals surface area contributed by atoms with Crippen LogP contribution in [0.3, 0.4) is 0 Å². The Kier molecular flexibility index (Phi) is 14.5. The van der Waals surface area contributed by atoms with Crippen LogP contribution in [0.2, 0.25) is 10.1 Å². The zero-order chi connectivity index (χ0) is 42.4. The molecule has 4 aromatic carbocycles. The van der Waals surface area contributed by atoms with Crippen LogP contribution in [0, 0.1) is 10.8 Å².